The second-order valence-electron chi connectivity index (χ2n) is 7.27. The summed E-state index contributed by atoms with van der Waals surface area (Å²) in [6.07, 6.45) is 4.82. The maximum atomic E-state index is 14.3. The van der Waals surface area contributed by atoms with Crippen LogP contribution in [0.4, 0.5) is 33.2 Å². The van der Waals surface area contributed by atoms with Gasteiger partial charge in [-0.05, 0) is 55.7 Å². The number of nitrogens with zero attached hydrogens (tertiary/aromatic N) is 3. The van der Waals surface area contributed by atoms with Gasteiger partial charge in [0.15, 0.2) is 11.6 Å². The van der Waals surface area contributed by atoms with E-state index < -0.39 is 11.8 Å². The molecule has 1 aromatic heterocycles. The van der Waals surface area contributed by atoms with E-state index in [4.69, 9.17) is 4.74 Å². The van der Waals surface area contributed by atoms with Gasteiger partial charge in [0.1, 0.15) is 0 Å². The van der Waals surface area contributed by atoms with Crippen LogP contribution in [-0.4, -0.2) is 36.1 Å². The third kappa shape index (κ3) is 4.91. The van der Waals surface area contributed by atoms with Crippen LogP contribution >= 0.6 is 0 Å². The molecule has 160 valence electrons. The van der Waals surface area contributed by atoms with Gasteiger partial charge in [-0.25, -0.2) is 14.2 Å². The second-order valence-corrected chi connectivity index (χ2v) is 7.27. The molecular weight excluding hydrogens is 397 g/mol. The normalized spacial score (nSPS) is 13.5. The number of para-hydroxylation sites is 1. The minimum atomic E-state index is -0.634. The summed E-state index contributed by atoms with van der Waals surface area (Å²) in [4.78, 5) is 22.6. The Kier molecular flexibility index (Phi) is 6.26. The molecule has 0 amide bonds. The fourth-order valence-electron chi connectivity index (χ4n) is 3.56. The number of nitrogens with one attached hydrogen (secondary N) is 2. The van der Waals surface area contributed by atoms with E-state index in [0.717, 1.165) is 25.0 Å². The van der Waals surface area contributed by atoms with E-state index in [1.165, 1.54) is 32.1 Å². The van der Waals surface area contributed by atoms with E-state index in [1.54, 1.807) is 24.3 Å². The van der Waals surface area contributed by atoms with Gasteiger partial charge in [-0.15, -0.1) is 0 Å². The summed E-state index contributed by atoms with van der Waals surface area (Å²) in [5, 5.41) is 5.96. The summed E-state index contributed by atoms with van der Waals surface area (Å²) in [7, 11) is 1.29. The van der Waals surface area contributed by atoms with Crippen LogP contribution in [-0.2, 0) is 4.74 Å². The van der Waals surface area contributed by atoms with Crippen LogP contribution in [0.3, 0.4) is 0 Å². The molecule has 0 radical (unpaired) electrons. The number of hydrogen-bond acceptors (Lipinski definition) is 7. The number of benzene rings is 2. The van der Waals surface area contributed by atoms with E-state index in [1.807, 2.05) is 12.1 Å². The monoisotopic (exact) mass is 421 g/mol. The smallest absolute Gasteiger partial charge is 0.339 e. The minimum absolute atomic E-state index is 0.0428. The van der Waals surface area contributed by atoms with Gasteiger partial charge >= 0.3 is 5.97 Å². The largest absolute Gasteiger partial charge is 0.465 e. The first-order valence-corrected chi connectivity index (χ1v) is 10.2. The van der Waals surface area contributed by atoms with Crippen LogP contribution in [0.2, 0.25) is 0 Å². The van der Waals surface area contributed by atoms with Gasteiger partial charge in [-0.2, -0.15) is 4.98 Å². The lowest BCUT2D eigenvalue weighted by molar-refractivity contribution is 0.0602. The predicted octanol–water partition coefficient (Wildman–Crippen LogP) is 4.88. The van der Waals surface area contributed by atoms with Crippen molar-refractivity contribution >= 4 is 34.8 Å². The van der Waals surface area contributed by atoms with Crippen molar-refractivity contribution in [3.05, 3.63) is 66.1 Å². The van der Waals surface area contributed by atoms with Crippen LogP contribution in [0, 0.1) is 5.82 Å². The number of piperidine rings is 1. The lowest BCUT2D eigenvalue weighted by Crippen LogP contribution is -2.29. The standard InChI is InChI=1S/C23H24FN5O2/c1-31-22(30)18-7-3-4-8-20(18)27-21-19(24)15-25-23(28-21)26-16-9-11-17(12-10-16)29-13-5-2-6-14-29/h3-4,7-12,15H,2,5-6,13-14H2,1H3,(H2,25,26,27,28). The molecule has 1 aliphatic rings. The van der Waals surface area contributed by atoms with Crippen LogP contribution in [0.25, 0.3) is 0 Å². The Morgan fingerprint density at radius 2 is 1.77 bits per heavy atom. The van der Waals surface area contributed by atoms with Gasteiger partial charge in [-0.3, -0.25) is 0 Å². The van der Waals surface area contributed by atoms with Gasteiger partial charge in [0.25, 0.3) is 0 Å². The number of anilines is 5. The minimum Gasteiger partial charge on any atom is -0.465 e. The van der Waals surface area contributed by atoms with Crippen molar-refractivity contribution in [1.29, 1.82) is 0 Å². The molecule has 0 aliphatic carbocycles. The number of rotatable bonds is 6. The van der Waals surface area contributed by atoms with E-state index in [2.05, 4.69) is 37.6 Å². The zero-order chi connectivity index (χ0) is 21.6. The number of aromatic nitrogens is 2. The first-order chi connectivity index (χ1) is 15.1. The molecular formula is C23H24FN5O2. The lowest BCUT2D eigenvalue weighted by atomic mass is 10.1. The first kappa shape index (κ1) is 20.6. The lowest BCUT2D eigenvalue weighted by Gasteiger charge is -2.28. The molecule has 31 heavy (non-hydrogen) atoms. The molecule has 2 aromatic carbocycles. The van der Waals surface area contributed by atoms with Gasteiger partial charge in [-0.1, -0.05) is 12.1 Å². The fourth-order valence-corrected chi connectivity index (χ4v) is 3.56. The van der Waals surface area contributed by atoms with Crippen molar-refractivity contribution in [2.24, 2.45) is 0 Å². The Bertz CT molecular complexity index is 1050. The Balaban J connectivity index is 1.50. The average Bonchev–Trinajstić information content (AvgIpc) is 2.82. The number of halogens is 1. The molecule has 0 atom stereocenters. The number of esters is 1. The number of carbonyl (C=O) groups excluding carboxylic acids is 1. The van der Waals surface area contributed by atoms with Crippen LogP contribution in [0.1, 0.15) is 29.6 Å². The molecule has 7 nitrogen and oxygen atoms in total. The van der Waals surface area contributed by atoms with Crippen molar-refractivity contribution < 1.29 is 13.9 Å². The number of ether oxygens (including phenoxy) is 1. The summed E-state index contributed by atoms with van der Waals surface area (Å²) in [5.74, 6) is -0.959. The van der Waals surface area contributed by atoms with E-state index in [-0.39, 0.29) is 17.3 Å². The summed E-state index contributed by atoms with van der Waals surface area (Å²) < 4.78 is 19.1. The van der Waals surface area contributed by atoms with Crippen molar-refractivity contribution in [3.8, 4) is 0 Å². The molecule has 4 rings (SSSR count). The van der Waals surface area contributed by atoms with E-state index >= 15 is 0 Å². The molecule has 3 aromatic rings. The third-order valence-electron chi connectivity index (χ3n) is 5.17. The zero-order valence-electron chi connectivity index (χ0n) is 17.3. The fraction of sp³-hybridized carbons (Fsp3) is 0.261. The van der Waals surface area contributed by atoms with Crippen LogP contribution < -0.4 is 15.5 Å². The number of methoxy groups -OCH3 is 1. The van der Waals surface area contributed by atoms with E-state index in [9.17, 15) is 9.18 Å². The van der Waals surface area contributed by atoms with Gasteiger partial charge in [0.2, 0.25) is 5.95 Å². The molecule has 1 saturated heterocycles. The Morgan fingerprint density at radius 1 is 1.03 bits per heavy atom. The topological polar surface area (TPSA) is 79.4 Å². The molecule has 1 fully saturated rings. The summed E-state index contributed by atoms with van der Waals surface area (Å²) in [6.45, 7) is 2.16. The number of hydrogen-bond donors (Lipinski definition) is 2. The van der Waals surface area contributed by atoms with Crippen molar-refractivity contribution in [2.45, 2.75) is 19.3 Å². The number of carbonyl (C=O) groups is 1. The predicted molar refractivity (Wildman–Crippen MR) is 119 cm³/mol. The maximum Gasteiger partial charge on any atom is 0.339 e. The van der Waals surface area contributed by atoms with Crippen molar-refractivity contribution in [3.63, 3.8) is 0 Å². The van der Waals surface area contributed by atoms with Crippen molar-refractivity contribution in [1.82, 2.24) is 9.97 Å². The highest BCUT2D eigenvalue weighted by Crippen LogP contribution is 2.25. The van der Waals surface area contributed by atoms with Crippen LogP contribution in [0.15, 0.2) is 54.7 Å². The molecule has 0 spiro atoms. The first-order valence-electron chi connectivity index (χ1n) is 10.2. The van der Waals surface area contributed by atoms with Crippen molar-refractivity contribution in [2.75, 3.05) is 35.7 Å². The molecule has 0 saturated carbocycles. The third-order valence-corrected chi connectivity index (χ3v) is 5.17. The van der Waals surface area contributed by atoms with Crippen LogP contribution in [0.5, 0.6) is 0 Å². The van der Waals surface area contributed by atoms with Gasteiger partial charge in [0.05, 0.1) is 24.6 Å². The molecule has 0 unspecified atom stereocenters. The van der Waals surface area contributed by atoms with Gasteiger partial charge < -0.3 is 20.3 Å². The highest BCUT2D eigenvalue weighted by molar-refractivity contribution is 5.96. The molecule has 2 heterocycles. The summed E-state index contributed by atoms with van der Waals surface area (Å²) in [6, 6.07) is 14.7. The Hall–Kier alpha value is -3.68. The molecule has 8 heteroatoms. The molecule has 2 N–H and O–H groups in total. The highest BCUT2D eigenvalue weighted by atomic mass is 19.1. The molecule has 1 aliphatic heterocycles. The average molecular weight is 421 g/mol. The van der Waals surface area contributed by atoms with E-state index in [0.29, 0.717) is 5.69 Å². The second kappa shape index (κ2) is 9.42. The quantitative estimate of drug-likeness (QED) is 0.549. The summed E-state index contributed by atoms with van der Waals surface area (Å²) >= 11 is 0. The SMILES string of the molecule is COC(=O)c1ccccc1Nc1nc(Nc2ccc(N3CCCCC3)cc2)ncc1F. The molecule has 0 bridgehead atoms. The highest BCUT2D eigenvalue weighted by Gasteiger charge is 2.15. The maximum absolute atomic E-state index is 14.3. The Labute approximate surface area is 180 Å². The van der Waals surface area contributed by atoms with Gasteiger partial charge in [0, 0.05) is 24.5 Å². The zero-order valence-corrected chi connectivity index (χ0v) is 17.3. The Morgan fingerprint density at radius 3 is 2.52 bits per heavy atom. The summed E-state index contributed by atoms with van der Waals surface area (Å²) in [5.41, 5.74) is 2.66.